The molecule has 13 heteroatoms. The Morgan fingerprint density at radius 1 is 1.03 bits per heavy atom. The quantitative estimate of drug-likeness (QED) is 0.256. The Labute approximate surface area is 205 Å². The molecule has 0 saturated heterocycles. The van der Waals surface area contributed by atoms with Gasteiger partial charge in [-0.05, 0) is 43.7 Å². The highest BCUT2D eigenvalue weighted by Crippen LogP contribution is 2.53. The van der Waals surface area contributed by atoms with Gasteiger partial charge < -0.3 is 0 Å². The van der Waals surface area contributed by atoms with Gasteiger partial charge in [0.1, 0.15) is 5.69 Å². The van der Waals surface area contributed by atoms with E-state index in [0.29, 0.717) is 30.0 Å². The zero-order valence-electron chi connectivity index (χ0n) is 18.8. The van der Waals surface area contributed by atoms with Crippen molar-refractivity contribution >= 4 is 17.4 Å². The van der Waals surface area contributed by atoms with Gasteiger partial charge in [-0.15, -0.1) is 0 Å². The molecule has 2 aromatic heterocycles. The fraction of sp³-hybridized carbons (Fsp3) is 0.391. The number of alkyl halides is 7. The summed E-state index contributed by atoms with van der Waals surface area (Å²) in [5, 5.41) is 4.20. The van der Waals surface area contributed by atoms with Crippen LogP contribution in [0.25, 0.3) is 17.1 Å². The summed E-state index contributed by atoms with van der Waals surface area (Å²) in [7, 11) is 0. The Hall–Kier alpha value is -3.02. The Morgan fingerprint density at radius 2 is 1.61 bits per heavy atom. The molecular formula is C23H18ClF7N4O. The van der Waals surface area contributed by atoms with E-state index < -0.39 is 23.6 Å². The number of rotatable bonds is 6. The highest BCUT2D eigenvalue weighted by Gasteiger charge is 2.73. The van der Waals surface area contributed by atoms with Gasteiger partial charge >= 0.3 is 18.0 Å². The number of nitrogens with zero attached hydrogens (tertiary/aromatic N) is 4. The molecule has 2 heterocycles. The molecule has 1 aliphatic rings. The third-order valence-corrected chi connectivity index (χ3v) is 6.20. The fourth-order valence-corrected chi connectivity index (χ4v) is 4.14. The largest absolute Gasteiger partial charge is 0.435 e. The van der Waals surface area contributed by atoms with Crippen LogP contribution >= 0.6 is 11.6 Å². The lowest BCUT2D eigenvalue weighted by Gasteiger charge is -2.31. The minimum Gasteiger partial charge on any atom is -0.292 e. The Morgan fingerprint density at radius 3 is 2.14 bits per heavy atom. The highest BCUT2D eigenvalue weighted by molar-refractivity contribution is 6.33. The van der Waals surface area contributed by atoms with Gasteiger partial charge in [0.05, 0.1) is 28.7 Å². The van der Waals surface area contributed by atoms with Gasteiger partial charge in [0.2, 0.25) is 0 Å². The van der Waals surface area contributed by atoms with Crippen LogP contribution in [-0.2, 0) is 5.67 Å². The molecule has 1 aromatic carbocycles. The molecule has 0 amide bonds. The van der Waals surface area contributed by atoms with Gasteiger partial charge in [0, 0.05) is 18.2 Å². The maximum absolute atomic E-state index is 14.5. The second-order valence-electron chi connectivity index (χ2n) is 8.75. The number of carbonyl (C=O) groups excluding carboxylic acids is 1. The average Bonchev–Trinajstić information content (AvgIpc) is 3.44. The van der Waals surface area contributed by atoms with Crippen molar-refractivity contribution in [2.75, 3.05) is 0 Å². The molecule has 0 atom stereocenters. The van der Waals surface area contributed by atoms with E-state index in [4.69, 9.17) is 11.6 Å². The molecule has 0 radical (unpaired) electrons. The lowest BCUT2D eigenvalue weighted by molar-refractivity contribution is -0.348. The summed E-state index contributed by atoms with van der Waals surface area (Å²) in [6.07, 6.45) is -6.23. The van der Waals surface area contributed by atoms with Crippen molar-refractivity contribution in [3.05, 3.63) is 58.1 Å². The zero-order chi connectivity index (χ0) is 26.6. The van der Waals surface area contributed by atoms with Crippen molar-refractivity contribution in [3.8, 4) is 17.1 Å². The van der Waals surface area contributed by atoms with Crippen LogP contribution in [0.5, 0.6) is 0 Å². The molecule has 0 bridgehead atoms. The molecule has 0 N–H and O–H groups in total. The monoisotopic (exact) mass is 534 g/mol. The first-order valence-electron chi connectivity index (χ1n) is 10.7. The second kappa shape index (κ2) is 8.82. The number of halogens is 8. The summed E-state index contributed by atoms with van der Waals surface area (Å²) >= 11 is 6.08. The Kier molecular flexibility index (Phi) is 6.39. The number of aromatic nitrogens is 4. The topological polar surface area (TPSA) is 60.7 Å². The third-order valence-electron chi connectivity index (χ3n) is 5.92. The molecule has 4 rings (SSSR count). The molecular weight excluding hydrogens is 517 g/mol. The summed E-state index contributed by atoms with van der Waals surface area (Å²) in [4.78, 5) is 20.8. The van der Waals surface area contributed by atoms with Gasteiger partial charge in [0.15, 0.2) is 11.6 Å². The Balaban J connectivity index is 1.71. The molecule has 1 aliphatic carbocycles. The first kappa shape index (κ1) is 26.1. The maximum atomic E-state index is 14.5. The molecule has 1 fully saturated rings. The van der Waals surface area contributed by atoms with Crippen LogP contribution < -0.4 is 0 Å². The van der Waals surface area contributed by atoms with Crippen molar-refractivity contribution in [1.82, 2.24) is 19.7 Å². The van der Waals surface area contributed by atoms with Crippen LogP contribution in [0, 0.1) is 19.8 Å². The molecule has 0 aliphatic heterocycles. The third kappa shape index (κ3) is 4.58. The second-order valence-corrected chi connectivity index (χ2v) is 9.15. The first-order chi connectivity index (χ1) is 16.6. The molecule has 0 unspecified atom stereocenters. The number of hydrogen-bond acceptors (Lipinski definition) is 4. The number of hydrogen-bond donors (Lipinski definition) is 0. The number of benzene rings is 1. The molecule has 1 saturated carbocycles. The van der Waals surface area contributed by atoms with E-state index in [1.54, 1.807) is 0 Å². The molecule has 0 spiro atoms. The lowest BCUT2D eigenvalue weighted by atomic mass is 9.90. The summed E-state index contributed by atoms with van der Waals surface area (Å²) in [5.74, 6) is 0.180. The van der Waals surface area contributed by atoms with Crippen LogP contribution in [0.2, 0.25) is 5.02 Å². The van der Waals surface area contributed by atoms with Crippen LogP contribution in [-0.4, -0.2) is 37.9 Å². The number of Topliss-reactive ketones (excluding diaryl/α,β-unsaturated/α-hetero) is 1. The van der Waals surface area contributed by atoms with Crippen molar-refractivity contribution in [2.24, 2.45) is 5.92 Å². The van der Waals surface area contributed by atoms with Gasteiger partial charge in [-0.2, -0.15) is 31.4 Å². The predicted molar refractivity (Wildman–Crippen MR) is 116 cm³/mol. The van der Waals surface area contributed by atoms with Gasteiger partial charge in [-0.25, -0.2) is 19.0 Å². The number of aryl methyl sites for hydroxylation is 2. The smallest absolute Gasteiger partial charge is 0.292 e. The van der Waals surface area contributed by atoms with Crippen LogP contribution in [0.15, 0.2) is 30.7 Å². The molecule has 192 valence electrons. The van der Waals surface area contributed by atoms with E-state index in [1.807, 2.05) is 0 Å². The van der Waals surface area contributed by atoms with Crippen LogP contribution in [0.3, 0.4) is 0 Å². The molecule has 3 aromatic rings. The van der Waals surface area contributed by atoms with Crippen molar-refractivity contribution in [2.45, 2.75) is 51.1 Å². The average molecular weight is 535 g/mol. The summed E-state index contributed by atoms with van der Waals surface area (Å²) < 4.78 is 94.9. The van der Waals surface area contributed by atoms with E-state index in [2.05, 4.69) is 15.1 Å². The molecule has 36 heavy (non-hydrogen) atoms. The highest BCUT2D eigenvalue weighted by atomic mass is 35.5. The summed E-state index contributed by atoms with van der Waals surface area (Å²) in [6, 6.07) is 0.996. The lowest BCUT2D eigenvalue weighted by Crippen LogP contribution is -2.50. The van der Waals surface area contributed by atoms with Crippen LogP contribution in [0.1, 0.15) is 46.4 Å². The normalized spacial score (nSPS) is 14.8. The molecule has 5 nitrogen and oxygen atoms in total. The first-order valence-corrected chi connectivity index (χ1v) is 11.1. The van der Waals surface area contributed by atoms with Crippen molar-refractivity contribution in [1.29, 1.82) is 0 Å². The summed E-state index contributed by atoms with van der Waals surface area (Å²) in [5.41, 5.74) is -6.75. The SMILES string of the molecule is Cc1cc(C(F)(C(F)(F)F)C(F)(F)F)cc(C)c1-n1cc(-c2ncc(Cl)c(C(=O)CC3CC3)n2)cn1. The van der Waals surface area contributed by atoms with E-state index in [0.717, 1.165) is 12.8 Å². The van der Waals surface area contributed by atoms with Gasteiger partial charge in [-0.1, -0.05) is 23.7 Å². The fourth-order valence-electron chi connectivity index (χ4n) is 3.95. The maximum Gasteiger partial charge on any atom is 0.435 e. The standard InChI is InChI=1S/C23H18ClF7N4O/c1-11-5-15(21(25,22(26,27)28)23(29,30)31)6-12(2)19(11)35-10-14(8-33-35)20-32-9-16(24)18(34-20)17(36)7-13-3-4-13/h5-6,8-10,13H,3-4,7H2,1-2H3. The summed E-state index contributed by atoms with van der Waals surface area (Å²) in [6.45, 7) is 2.49. The van der Waals surface area contributed by atoms with E-state index in [1.165, 1.54) is 37.1 Å². The van der Waals surface area contributed by atoms with Crippen LogP contribution in [0.4, 0.5) is 30.7 Å². The Bertz CT molecular complexity index is 1290. The van der Waals surface area contributed by atoms with Crippen molar-refractivity contribution in [3.63, 3.8) is 0 Å². The number of carbonyl (C=O) groups is 1. The van der Waals surface area contributed by atoms with E-state index in [-0.39, 0.29) is 39.1 Å². The number of ketones is 1. The van der Waals surface area contributed by atoms with Gasteiger partial charge in [0.25, 0.3) is 0 Å². The van der Waals surface area contributed by atoms with E-state index in [9.17, 15) is 35.5 Å². The zero-order valence-corrected chi connectivity index (χ0v) is 19.6. The van der Waals surface area contributed by atoms with Crippen molar-refractivity contribution < 1.29 is 35.5 Å². The predicted octanol–water partition coefficient (Wildman–Crippen LogP) is 6.87. The van der Waals surface area contributed by atoms with E-state index >= 15 is 0 Å². The minimum atomic E-state index is -6.22. The minimum absolute atomic E-state index is 0.0524. The van der Waals surface area contributed by atoms with Gasteiger partial charge in [-0.3, -0.25) is 4.79 Å².